The lowest BCUT2D eigenvalue weighted by atomic mass is 10.2. The van der Waals surface area contributed by atoms with Gasteiger partial charge in [-0.3, -0.25) is 0 Å². The highest BCUT2D eigenvalue weighted by Crippen LogP contribution is 2.14. The van der Waals surface area contributed by atoms with E-state index in [1.165, 1.54) is 6.08 Å². The van der Waals surface area contributed by atoms with E-state index >= 15 is 0 Å². The Labute approximate surface area is 102 Å². The van der Waals surface area contributed by atoms with Crippen molar-refractivity contribution in [2.75, 3.05) is 13.2 Å². The van der Waals surface area contributed by atoms with Crippen LogP contribution in [0.3, 0.4) is 0 Å². The third kappa shape index (κ3) is 5.20. The van der Waals surface area contributed by atoms with E-state index in [-0.39, 0.29) is 5.97 Å². The molecule has 0 fully saturated rings. The van der Waals surface area contributed by atoms with Crippen molar-refractivity contribution in [2.24, 2.45) is 0 Å². The van der Waals surface area contributed by atoms with Crippen molar-refractivity contribution in [1.82, 2.24) is 0 Å². The van der Waals surface area contributed by atoms with Crippen molar-refractivity contribution >= 4 is 12.0 Å². The molecule has 0 saturated carbocycles. The molecule has 0 radical (unpaired) electrons. The highest BCUT2D eigenvalue weighted by atomic mass is 16.5. The molecule has 0 atom stereocenters. The van der Waals surface area contributed by atoms with Gasteiger partial charge >= 0.3 is 5.97 Å². The van der Waals surface area contributed by atoms with Gasteiger partial charge in [0.05, 0.1) is 13.2 Å². The molecular formula is C14H18O3. The van der Waals surface area contributed by atoms with Crippen molar-refractivity contribution in [3.05, 3.63) is 35.9 Å². The fraction of sp³-hybridized carbons (Fsp3) is 0.357. The second kappa shape index (κ2) is 7.49. The van der Waals surface area contributed by atoms with E-state index in [1.807, 2.05) is 38.1 Å². The van der Waals surface area contributed by atoms with Gasteiger partial charge in [-0.25, -0.2) is 4.79 Å². The van der Waals surface area contributed by atoms with Gasteiger partial charge in [0, 0.05) is 6.08 Å². The van der Waals surface area contributed by atoms with Crippen molar-refractivity contribution in [3.8, 4) is 5.75 Å². The first-order chi connectivity index (χ1) is 8.26. The van der Waals surface area contributed by atoms with Crippen LogP contribution >= 0.6 is 0 Å². The zero-order chi connectivity index (χ0) is 12.5. The number of carbonyl (C=O) groups excluding carboxylic acids is 1. The number of esters is 1. The first-order valence-corrected chi connectivity index (χ1v) is 5.84. The summed E-state index contributed by atoms with van der Waals surface area (Å²) < 4.78 is 10.3. The molecule has 1 aromatic rings. The average molecular weight is 234 g/mol. The second-order valence-electron chi connectivity index (χ2n) is 3.51. The third-order valence-corrected chi connectivity index (χ3v) is 2.03. The monoisotopic (exact) mass is 234 g/mol. The molecule has 17 heavy (non-hydrogen) atoms. The average Bonchev–Trinajstić information content (AvgIpc) is 2.35. The minimum atomic E-state index is -0.311. The van der Waals surface area contributed by atoms with Gasteiger partial charge in [-0.15, -0.1) is 0 Å². The number of carbonyl (C=O) groups is 1. The van der Waals surface area contributed by atoms with Crippen LogP contribution in [0, 0.1) is 0 Å². The molecule has 0 aliphatic carbocycles. The number of ether oxygens (including phenoxy) is 2. The van der Waals surface area contributed by atoms with E-state index in [1.54, 1.807) is 6.08 Å². The van der Waals surface area contributed by atoms with Crippen molar-refractivity contribution in [1.29, 1.82) is 0 Å². The fourth-order valence-corrected chi connectivity index (χ4v) is 1.29. The summed E-state index contributed by atoms with van der Waals surface area (Å²) in [4.78, 5) is 11.2. The first-order valence-electron chi connectivity index (χ1n) is 5.84. The van der Waals surface area contributed by atoms with Crippen molar-refractivity contribution in [3.63, 3.8) is 0 Å². The molecule has 0 aliphatic rings. The minimum Gasteiger partial charge on any atom is -0.494 e. The Morgan fingerprint density at radius 3 is 2.88 bits per heavy atom. The van der Waals surface area contributed by atoms with Gasteiger partial charge in [-0.2, -0.15) is 0 Å². The summed E-state index contributed by atoms with van der Waals surface area (Å²) in [5, 5.41) is 0. The zero-order valence-electron chi connectivity index (χ0n) is 10.3. The number of hydrogen-bond acceptors (Lipinski definition) is 3. The smallest absolute Gasteiger partial charge is 0.330 e. The number of benzene rings is 1. The molecule has 0 heterocycles. The minimum absolute atomic E-state index is 0.311. The van der Waals surface area contributed by atoms with Gasteiger partial charge in [0.15, 0.2) is 0 Å². The van der Waals surface area contributed by atoms with Gasteiger partial charge in [0.1, 0.15) is 5.75 Å². The lowest BCUT2D eigenvalue weighted by Gasteiger charge is -2.03. The van der Waals surface area contributed by atoms with Crippen LogP contribution in [0.5, 0.6) is 5.75 Å². The molecule has 0 N–H and O–H groups in total. The number of rotatable bonds is 6. The van der Waals surface area contributed by atoms with Gasteiger partial charge in [0.25, 0.3) is 0 Å². The molecule has 0 saturated heterocycles. The fourth-order valence-electron chi connectivity index (χ4n) is 1.29. The molecule has 3 nitrogen and oxygen atoms in total. The van der Waals surface area contributed by atoms with Crippen LogP contribution in [0.2, 0.25) is 0 Å². The molecule has 0 aliphatic heterocycles. The topological polar surface area (TPSA) is 35.5 Å². The van der Waals surface area contributed by atoms with E-state index in [0.717, 1.165) is 17.7 Å². The van der Waals surface area contributed by atoms with Gasteiger partial charge < -0.3 is 9.47 Å². The van der Waals surface area contributed by atoms with E-state index in [2.05, 4.69) is 0 Å². The van der Waals surface area contributed by atoms with Crippen LogP contribution in [0.25, 0.3) is 6.08 Å². The molecule has 0 amide bonds. The van der Waals surface area contributed by atoms with Gasteiger partial charge in [-0.05, 0) is 37.1 Å². The number of hydrogen-bond donors (Lipinski definition) is 0. The van der Waals surface area contributed by atoms with Crippen LogP contribution in [0.4, 0.5) is 0 Å². The molecule has 1 rings (SSSR count). The Morgan fingerprint density at radius 2 is 2.18 bits per heavy atom. The van der Waals surface area contributed by atoms with Crippen LogP contribution in [0.15, 0.2) is 30.3 Å². The van der Waals surface area contributed by atoms with E-state index in [9.17, 15) is 4.79 Å². The maximum Gasteiger partial charge on any atom is 0.330 e. The molecule has 0 aromatic heterocycles. The highest BCUT2D eigenvalue weighted by molar-refractivity contribution is 5.87. The first kappa shape index (κ1) is 13.3. The normalized spacial score (nSPS) is 10.5. The maximum atomic E-state index is 11.2. The predicted molar refractivity (Wildman–Crippen MR) is 67.9 cm³/mol. The molecule has 3 heteroatoms. The Balaban J connectivity index is 2.58. The van der Waals surface area contributed by atoms with Crippen molar-refractivity contribution in [2.45, 2.75) is 20.3 Å². The summed E-state index contributed by atoms with van der Waals surface area (Å²) in [6.45, 7) is 4.99. The summed E-state index contributed by atoms with van der Waals surface area (Å²) in [5.74, 6) is 0.491. The Morgan fingerprint density at radius 1 is 1.35 bits per heavy atom. The van der Waals surface area contributed by atoms with Crippen molar-refractivity contribution < 1.29 is 14.3 Å². The highest BCUT2D eigenvalue weighted by Gasteiger charge is 1.96. The maximum absolute atomic E-state index is 11.2. The van der Waals surface area contributed by atoms with Crippen LogP contribution in [-0.4, -0.2) is 19.2 Å². The Hall–Kier alpha value is -1.77. The van der Waals surface area contributed by atoms with E-state index < -0.39 is 0 Å². The standard InChI is InChI=1S/C14H18O3/c1-3-10-17-14(15)9-8-12-6-5-7-13(11-12)16-4-2/h5-9,11H,3-4,10H2,1-2H3. The largest absolute Gasteiger partial charge is 0.494 e. The van der Waals surface area contributed by atoms with E-state index in [0.29, 0.717) is 13.2 Å². The van der Waals surface area contributed by atoms with Crippen LogP contribution < -0.4 is 4.74 Å². The second-order valence-corrected chi connectivity index (χ2v) is 3.51. The Bertz CT molecular complexity index is 383. The summed E-state index contributed by atoms with van der Waals surface area (Å²) in [6.07, 6.45) is 3.99. The summed E-state index contributed by atoms with van der Waals surface area (Å²) in [5.41, 5.74) is 0.921. The van der Waals surface area contributed by atoms with Crippen LogP contribution in [0.1, 0.15) is 25.8 Å². The molecular weight excluding hydrogens is 216 g/mol. The molecule has 0 unspecified atom stereocenters. The van der Waals surface area contributed by atoms with Crippen LogP contribution in [-0.2, 0) is 9.53 Å². The van der Waals surface area contributed by atoms with E-state index in [4.69, 9.17) is 9.47 Å². The van der Waals surface area contributed by atoms with Gasteiger partial charge in [0.2, 0.25) is 0 Å². The quantitative estimate of drug-likeness (QED) is 0.560. The molecule has 1 aromatic carbocycles. The third-order valence-electron chi connectivity index (χ3n) is 2.03. The summed E-state index contributed by atoms with van der Waals surface area (Å²) in [6, 6.07) is 7.57. The Kier molecular flexibility index (Phi) is 5.86. The van der Waals surface area contributed by atoms with Gasteiger partial charge in [-0.1, -0.05) is 19.1 Å². The SMILES string of the molecule is CCCOC(=O)C=Cc1cccc(OCC)c1. The summed E-state index contributed by atoms with van der Waals surface area (Å²) >= 11 is 0. The lowest BCUT2D eigenvalue weighted by molar-refractivity contribution is -0.137. The molecule has 0 bridgehead atoms. The molecule has 92 valence electrons. The molecule has 0 spiro atoms. The zero-order valence-corrected chi connectivity index (χ0v) is 10.3. The summed E-state index contributed by atoms with van der Waals surface area (Å²) in [7, 11) is 0. The lowest BCUT2D eigenvalue weighted by Crippen LogP contribution is -2.00. The predicted octanol–water partition coefficient (Wildman–Crippen LogP) is 3.05.